The van der Waals surface area contributed by atoms with E-state index in [2.05, 4.69) is 0 Å². The average molecular weight is 428 g/mol. The number of non-ortho nitro benzene ring substituents is 1. The smallest absolute Gasteiger partial charge is 0.418 e. The number of fused-ring (bicyclic) bond motifs is 1. The van der Waals surface area contributed by atoms with Crippen LogP contribution in [0.15, 0.2) is 66.7 Å². The second-order valence-corrected chi connectivity index (χ2v) is 6.52. The van der Waals surface area contributed by atoms with E-state index in [1.807, 2.05) is 0 Å². The average Bonchev–Trinajstić information content (AvgIpc) is 2.97. The number of amides is 2. The van der Waals surface area contributed by atoms with Crippen molar-refractivity contribution < 1.29 is 32.4 Å². The van der Waals surface area contributed by atoms with Gasteiger partial charge in [-0.1, -0.05) is 12.1 Å². The van der Waals surface area contributed by atoms with E-state index in [1.165, 1.54) is 54.6 Å². The maximum Gasteiger partial charge on any atom is 0.418 e. The molecular formula is C21H11F3N2O5. The first-order valence-corrected chi connectivity index (χ1v) is 8.78. The molecule has 7 nitrogen and oxygen atoms in total. The molecular weight excluding hydrogens is 417 g/mol. The van der Waals surface area contributed by atoms with Gasteiger partial charge in [0.05, 0.1) is 27.3 Å². The zero-order valence-electron chi connectivity index (χ0n) is 15.4. The summed E-state index contributed by atoms with van der Waals surface area (Å²) in [4.78, 5) is 36.1. The summed E-state index contributed by atoms with van der Waals surface area (Å²) < 4.78 is 45.6. The van der Waals surface area contributed by atoms with Crippen LogP contribution in [0.5, 0.6) is 11.5 Å². The first-order chi connectivity index (χ1) is 14.7. The molecule has 1 heterocycles. The number of alkyl halides is 3. The summed E-state index contributed by atoms with van der Waals surface area (Å²) in [5.41, 5.74) is -1.97. The summed E-state index contributed by atoms with van der Waals surface area (Å²) >= 11 is 0. The van der Waals surface area contributed by atoms with Gasteiger partial charge in [-0.25, -0.2) is 4.90 Å². The number of anilines is 1. The van der Waals surface area contributed by atoms with Gasteiger partial charge in [0.2, 0.25) is 0 Å². The number of benzene rings is 3. The summed E-state index contributed by atoms with van der Waals surface area (Å²) in [6, 6.07) is 13.4. The number of nitro groups is 1. The van der Waals surface area contributed by atoms with Crippen LogP contribution in [-0.4, -0.2) is 16.7 Å². The molecule has 0 unspecified atom stereocenters. The second kappa shape index (κ2) is 7.24. The summed E-state index contributed by atoms with van der Waals surface area (Å²) in [5.74, 6) is -1.41. The molecule has 1 aliphatic heterocycles. The van der Waals surface area contributed by atoms with Crippen LogP contribution in [0.2, 0.25) is 0 Å². The van der Waals surface area contributed by atoms with E-state index in [9.17, 15) is 32.9 Å². The van der Waals surface area contributed by atoms with Crippen molar-refractivity contribution in [2.24, 2.45) is 0 Å². The Morgan fingerprint density at radius 2 is 1.45 bits per heavy atom. The Morgan fingerprint density at radius 3 is 2.10 bits per heavy atom. The van der Waals surface area contributed by atoms with Gasteiger partial charge in [-0.3, -0.25) is 19.7 Å². The van der Waals surface area contributed by atoms with E-state index in [1.54, 1.807) is 0 Å². The highest BCUT2D eigenvalue weighted by molar-refractivity contribution is 6.34. The Balaban J connectivity index is 1.66. The summed E-state index contributed by atoms with van der Waals surface area (Å²) in [7, 11) is 0. The maximum absolute atomic E-state index is 13.4. The van der Waals surface area contributed by atoms with Crippen LogP contribution in [0, 0.1) is 10.1 Å². The van der Waals surface area contributed by atoms with Crippen LogP contribution in [0.1, 0.15) is 26.3 Å². The first kappa shape index (κ1) is 20.1. The largest absolute Gasteiger partial charge is 0.457 e. The normalized spacial score (nSPS) is 13.3. The summed E-state index contributed by atoms with van der Waals surface area (Å²) in [6.07, 6.45) is -4.75. The lowest BCUT2D eigenvalue weighted by molar-refractivity contribution is -0.384. The van der Waals surface area contributed by atoms with Gasteiger partial charge in [0, 0.05) is 12.1 Å². The molecule has 0 fully saturated rings. The fraction of sp³-hybridized carbons (Fsp3) is 0.0476. The lowest BCUT2D eigenvalue weighted by Crippen LogP contribution is -2.31. The molecule has 31 heavy (non-hydrogen) atoms. The second-order valence-electron chi connectivity index (χ2n) is 6.52. The molecule has 1 aliphatic rings. The van der Waals surface area contributed by atoms with Gasteiger partial charge in [-0.2, -0.15) is 13.2 Å². The molecule has 0 N–H and O–H groups in total. The number of nitrogens with zero attached hydrogens (tertiary/aromatic N) is 2. The van der Waals surface area contributed by atoms with E-state index < -0.39 is 34.2 Å². The topological polar surface area (TPSA) is 89.7 Å². The van der Waals surface area contributed by atoms with Crippen LogP contribution in [0.4, 0.5) is 24.5 Å². The Morgan fingerprint density at radius 1 is 0.839 bits per heavy atom. The molecule has 0 aliphatic carbocycles. The van der Waals surface area contributed by atoms with Crippen molar-refractivity contribution in [3.8, 4) is 11.5 Å². The molecule has 0 bridgehead atoms. The SMILES string of the molecule is O=C1c2ccc(Oc3ccc([N+](=O)[O-])cc3)cc2C(=O)N1c1ccccc1C(F)(F)F. The summed E-state index contributed by atoms with van der Waals surface area (Å²) in [6.45, 7) is 0. The van der Waals surface area contributed by atoms with Crippen LogP contribution >= 0.6 is 0 Å². The minimum atomic E-state index is -4.75. The standard InChI is InChI=1S/C21H11F3N2O5/c22-21(23,24)17-3-1-2-4-18(17)25-19(27)15-10-9-14(11-16(15)20(25)28)31-13-7-5-12(6-8-13)26(29)30/h1-11H. The number of carbonyl (C=O) groups excluding carboxylic acids is 2. The number of nitro benzene ring substituents is 1. The van der Waals surface area contributed by atoms with Crippen molar-refractivity contribution in [1.29, 1.82) is 0 Å². The van der Waals surface area contributed by atoms with Crippen molar-refractivity contribution in [3.63, 3.8) is 0 Å². The number of hydrogen-bond donors (Lipinski definition) is 0. The molecule has 0 aromatic heterocycles. The number of halogens is 3. The van der Waals surface area contributed by atoms with E-state index in [4.69, 9.17) is 4.74 Å². The van der Waals surface area contributed by atoms with E-state index >= 15 is 0 Å². The first-order valence-electron chi connectivity index (χ1n) is 8.78. The molecule has 0 spiro atoms. The van der Waals surface area contributed by atoms with E-state index in [-0.39, 0.29) is 28.3 Å². The van der Waals surface area contributed by atoms with Crippen molar-refractivity contribution in [2.75, 3.05) is 4.90 Å². The zero-order chi connectivity index (χ0) is 22.3. The fourth-order valence-electron chi connectivity index (χ4n) is 3.18. The van der Waals surface area contributed by atoms with Crippen LogP contribution < -0.4 is 9.64 Å². The predicted molar refractivity (Wildman–Crippen MR) is 102 cm³/mol. The van der Waals surface area contributed by atoms with Crippen molar-refractivity contribution in [3.05, 3.63) is 93.5 Å². The molecule has 4 rings (SSSR count). The van der Waals surface area contributed by atoms with Crippen molar-refractivity contribution in [1.82, 2.24) is 0 Å². The predicted octanol–water partition coefficient (Wildman–Crippen LogP) is 5.21. The minimum absolute atomic E-state index is 0.0574. The van der Waals surface area contributed by atoms with Crippen molar-refractivity contribution >= 4 is 23.2 Å². The van der Waals surface area contributed by atoms with Gasteiger partial charge in [0.15, 0.2) is 0 Å². The number of para-hydroxylation sites is 1. The molecule has 156 valence electrons. The third-order valence-electron chi connectivity index (χ3n) is 4.59. The molecule has 0 radical (unpaired) electrons. The van der Waals surface area contributed by atoms with Gasteiger partial charge < -0.3 is 4.74 Å². The van der Waals surface area contributed by atoms with E-state index in [0.717, 1.165) is 12.1 Å². The molecule has 3 aromatic carbocycles. The lowest BCUT2D eigenvalue weighted by Gasteiger charge is -2.19. The molecule has 0 saturated carbocycles. The number of hydrogen-bond acceptors (Lipinski definition) is 5. The van der Waals surface area contributed by atoms with E-state index in [0.29, 0.717) is 4.90 Å². The Bertz CT molecular complexity index is 1220. The van der Waals surface area contributed by atoms with Crippen molar-refractivity contribution in [2.45, 2.75) is 6.18 Å². The molecule has 0 atom stereocenters. The van der Waals surface area contributed by atoms with Gasteiger partial charge in [-0.05, 0) is 42.5 Å². The zero-order valence-corrected chi connectivity index (χ0v) is 15.4. The molecule has 0 saturated heterocycles. The number of imide groups is 1. The quantitative estimate of drug-likeness (QED) is 0.323. The monoisotopic (exact) mass is 428 g/mol. The maximum atomic E-state index is 13.4. The van der Waals surface area contributed by atoms with Crippen LogP contribution in [0.25, 0.3) is 0 Å². The third-order valence-corrected chi connectivity index (χ3v) is 4.59. The lowest BCUT2D eigenvalue weighted by atomic mass is 10.1. The minimum Gasteiger partial charge on any atom is -0.457 e. The Labute approximate surface area is 172 Å². The Hall–Kier alpha value is -4.21. The van der Waals surface area contributed by atoms with Gasteiger partial charge in [-0.15, -0.1) is 0 Å². The fourth-order valence-corrected chi connectivity index (χ4v) is 3.18. The Kier molecular flexibility index (Phi) is 4.69. The van der Waals surface area contributed by atoms with Crippen LogP contribution in [-0.2, 0) is 6.18 Å². The number of ether oxygens (including phenoxy) is 1. The molecule has 2 amide bonds. The summed E-state index contributed by atoms with van der Waals surface area (Å²) in [5, 5.41) is 10.7. The molecule has 10 heteroatoms. The van der Waals surface area contributed by atoms with Crippen LogP contribution in [0.3, 0.4) is 0 Å². The van der Waals surface area contributed by atoms with Gasteiger partial charge in [0.1, 0.15) is 11.5 Å². The highest BCUT2D eigenvalue weighted by Crippen LogP contribution is 2.40. The highest BCUT2D eigenvalue weighted by atomic mass is 19.4. The molecule has 3 aromatic rings. The number of carbonyl (C=O) groups is 2. The van der Waals surface area contributed by atoms with Gasteiger partial charge in [0.25, 0.3) is 17.5 Å². The number of rotatable bonds is 4. The third kappa shape index (κ3) is 3.59. The van der Waals surface area contributed by atoms with Gasteiger partial charge >= 0.3 is 6.18 Å². The highest BCUT2D eigenvalue weighted by Gasteiger charge is 2.42.